The highest BCUT2D eigenvalue weighted by Crippen LogP contribution is 2.32. The van der Waals surface area contributed by atoms with E-state index in [4.69, 9.17) is 0 Å². The van der Waals surface area contributed by atoms with Gasteiger partial charge >= 0.3 is 6.03 Å². The molecule has 0 bridgehead atoms. The van der Waals surface area contributed by atoms with Crippen molar-refractivity contribution in [2.45, 2.75) is 53.0 Å². The maximum absolute atomic E-state index is 12.6. The fraction of sp³-hybridized carbons (Fsp3) is 0.545. The lowest BCUT2D eigenvalue weighted by Gasteiger charge is -2.18. The Bertz CT molecular complexity index is 837. The molecule has 1 saturated carbocycles. The minimum atomic E-state index is 0.0123. The number of imidazole rings is 1. The first kappa shape index (κ1) is 18.1. The number of urea groups is 1. The number of anilines is 1. The minimum absolute atomic E-state index is 0.0123. The van der Waals surface area contributed by atoms with Crippen molar-refractivity contribution < 1.29 is 4.79 Å². The highest BCUT2D eigenvalue weighted by atomic mass is 16.2. The molecule has 2 aromatic rings. The second-order valence-corrected chi connectivity index (χ2v) is 8.40. The Labute approximate surface area is 161 Å². The molecule has 0 spiro atoms. The summed E-state index contributed by atoms with van der Waals surface area (Å²) < 4.78 is 2.40. The van der Waals surface area contributed by atoms with Crippen LogP contribution in [-0.2, 0) is 13.0 Å². The first-order valence-electron chi connectivity index (χ1n) is 10.1. The molecular formula is C22H30N4O. The van der Waals surface area contributed by atoms with E-state index >= 15 is 0 Å². The Hall–Kier alpha value is -2.30. The van der Waals surface area contributed by atoms with Crippen LogP contribution in [0.15, 0.2) is 24.4 Å². The molecule has 1 aliphatic heterocycles. The molecule has 1 aromatic heterocycles. The summed E-state index contributed by atoms with van der Waals surface area (Å²) in [6.07, 6.45) is 6.72. The van der Waals surface area contributed by atoms with Crippen LogP contribution in [0.1, 0.15) is 41.9 Å². The Balaban J connectivity index is 1.34. The van der Waals surface area contributed by atoms with Gasteiger partial charge in [-0.2, -0.15) is 0 Å². The van der Waals surface area contributed by atoms with Gasteiger partial charge < -0.3 is 14.8 Å². The summed E-state index contributed by atoms with van der Waals surface area (Å²) in [5.74, 6) is 2.54. The SMILES string of the molecule is Cc1ccc(NC(=O)N2CCC(Cc3ncc(C)n3CC3CC3)C2)cc1C. The van der Waals surface area contributed by atoms with E-state index in [1.807, 2.05) is 23.2 Å². The molecule has 1 aromatic carbocycles. The third-order valence-corrected chi connectivity index (χ3v) is 6.08. The van der Waals surface area contributed by atoms with Crippen molar-refractivity contribution in [3.63, 3.8) is 0 Å². The van der Waals surface area contributed by atoms with Crippen molar-refractivity contribution in [2.24, 2.45) is 11.8 Å². The Morgan fingerprint density at radius 3 is 2.70 bits per heavy atom. The highest BCUT2D eigenvalue weighted by Gasteiger charge is 2.29. The second-order valence-electron chi connectivity index (χ2n) is 8.40. The molecule has 1 aliphatic carbocycles. The van der Waals surface area contributed by atoms with Crippen LogP contribution in [0, 0.1) is 32.6 Å². The number of rotatable bonds is 5. The lowest BCUT2D eigenvalue weighted by molar-refractivity contribution is 0.220. The smallest absolute Gasteiger partial charge is 0.321 e. The zero-order chi connectivity index (χ0) is 19.0. The molecular weight excluding hydrogens is 336 g/mol. The molecule has 1 N–H and O–H groups in total. The van der Waals surface area contributed by atoms with Gasteiger partial charge in [0.05, 0.1) is 0 Å². The molecule has 27 heavy (non-hydrogen) atoms. The van der Waals surface area contributed by atoms with E-state index in [0.717, 1.165) is 44.1 Å². The van der Waals surface area contributed by atoms with Crippen molar-refractivity contribution in [3.05, 3.63) is 47.0 Å². The largest absolute Gasteiger partial charge is 0.332 e. The number of carbonyl (C=O) groups is 1. The lowest BCUT2D eigenvalue weighted by Crippen LogP contribution is -2.33. The standard InChI is InChI=1S/C22H30N4O/c1-15-4-7-20(10-16(15)2)24-22(27)25-9-8-19(13-25)11-21-23-12-17(3)26(21)14-18-5-6-18/h4,7,10,12,18-19H,5-6,8-9,11,13-14H2,1-3H3,(H,24,27). The van der Waals surface area contributed by atoms with Gasteiger partial charge in [0.1, 0.15) is 5.82 Å². The number of nitrogens with zero attached hydrogens (tertiary/aromatic N) is 3. The Morgan fingerprint density at radius 2 is 1.96 bits per heavy atom. The van der Waals surface area contributed by atoms with Gasteiger partial charge in [0.2, 0.25) is 0 Å². The minimum Gasteiger partial charge on any atom is -0.332 e. The third-order valence-electron chi connectivity index (χ3n) is 6.08. The summed E-state index contributed by atoms with van der Waals surface area (Å²) in [5.41, 5.74) is 4.58. The highest BCUT2D eigenvalue weighted by molar-refractivity contribution is 5.89. The molecule has 1 saturated heterocycles. The summed E-state index contributed by atoms with van der Waals surface area (Å²) in [6.45, 7) is 9.06. The number of aromatic nitrogens is 2. The Kier molecular flexibility index (Phi) is 4.94. The maximum atomic E-state index is 12.6. The molecule has 1 unspecified atom stereocenters. The topological polar surface area (TPSA) is 50.2 Å². The summed E-state index contributed by atoms with van der Waals surface area (Å²) in [7, 11) is 0. The van der Waals surface area contributed by atoms with Gasteiger partial charge in [0.15, 0.2) is 0 Å². The van der Waals surface area contributed by atoms with Crippen LogP contribution >= 0.6 is 0 Å². The van der Waals surface area contributed by atoms with Gasteiger partial charge in [-0.15, -0.1) is 0 Å². The first-order valence-corrected chi connectivity index (χ1v) is 10.1. The summed E-state index contributed by atoms with van der Waals surface area (Å²) in [6, 6.07) is 6.08. The number of amides is 2. The fourth-order valence-corrected chi connectivity index (χ4v) is 3.95. The number of carbonyl (C=O) groups excluding carboxylic acids is 1. The molecule has 0 radical (unpaired) electrons. The number of hydrogen-bond donors (Lipinski definition) is 1. The van der Waals surface area contributed by atoms with Crippen molar-refractivity contribution in [1.82, 2.24) is 14.5 Å². The fourth-order valence-electron chi connectivity index (χ4n) is 3.95. The average Bonchev–Trinajstić information content (AvgIpc) is 3.24. The average molecular weight is 367 g/mol. The van der Waals surface area contributed by atoms with Crippen LogP contribution < -0.4 is 5.32 Å². The van der Waals surface area contributed by atoms with Gasteiger partial charge in [0, 0.05) is 43.6 Å². The molecule has 4 rings (SSSR count). The van der Waals surface area contributed by atoms with Gasteiger partial charge in [-0.1, -0.05) is 6.07 Å². The van der Waals surface area contributed by atoms with E-state index < -0.39 is 0 Å². The molecule has 2 aliphatic rings. The normalized spacial score (nSPS) is 19.5. The summed E-state index contributed by atoms with van der Waals surface area (Å²) in [4.78, 5) is 19.2. The predicted molar refractivity (Wildman–Crippen MR) is 108 cm³/mol. The van der Waals surface area contributed by atoms with Crippen LogP contribution in [0.2, 0.25) is 0 Å². The summed E-state index contributed by atoms with van der Waals surface area (Å²) >= 11 is 0. The van der Waals surface area contributed by atoms with Gasteiger partial charge in [-0.05, 0) is 75.1 Å². The van der Waals surface area contributed by atoms with Crippen molar-refractivity contribution in [3.8, 4) is 0 Å². The van der Waals surface area contributed by atoms with E-state index in [2.05, 4.69) is 41.7 Å². The monoisotopic (exact) mass is 366 g/mol. The molecule has 1 atom stereocenters. The van der Waals surface area contributed by atoms with Crippen LogP contribution in [-0.4, -0.2) is 33.6 Å². The molecule has 5 heteroatoms. The maximum Gasteiger partial charge on any atom is 0.321 e. The number of likely N-dealkylation sites (tertiary alicyclic amines) is 1. The van der Waals surface area contributed by atoms with Gasteiger partial charge in [0.25, 0.3) is 0 Å². The third kappa shape index (κ3) is 4.18. The zero-order valence-corrected chi connectivity index (χ0v) is 16.7. The summed E-state index contributed by atoms with van der Waals surface area (Å²) in [5, 5.41) is 3.05. The predicted octanol–water partition coefficient (Wildman–Crippen LogP) is 4.31. The Morgan fingerprint density at radius 1 is 1.15 bits per heavy atom. The number of benzene rings is 1. The van der Waals surface area contributed by atoms with Crippen LogP contribution in [0.5, 0.6) is 0 Å². The van der Waals surface area contributed by atoms with E-state index in [1.54, 1.807) is 0 Å². The molecule has 5 nitrogen and oxygen atoms in total. The van der Waals surface area contributed by atoms with Gasteiger partial charge in [-0.25, -0.2) is 9.78 Å². The first-order chi connectivity index (χ1) is 13.0. The van der Waals surface area contributed by atoms with Crippen molar-refractivity contribution in [2.75, 3.05) is 18.4 Å². The van der Waals surface area contributed by atoms with Crippen molar-refractivity contribution >= 4 is 11.7 Å². The van der Waals surface area contributed by atoms with Crippen molar-refractivity contribution in [1.29, 1.82) is 0 Å². The van der Waals surface area contributed by atoms with E-state index in [-0.39, 0.29) is 6.03 Å². The van der Waals surface area contributed by atoms with E-state index in [1.165, 1.54) is 35.5 Å². The zero-order valence-electron chi connectivity index (χ0n) is 16.7. The van der Waals surface area contributed by atoms with Crippen LogP contribution in [0.4, 0.5) is 10.5 Å². The quantitative estimate of drug-likeness (QED) is 0.857. The second kappa shape index (κ2) is 7.37. The van der Waals surface area contributed by atoms with Crippen LogP contribution in [0.25, 0.3) is 0 Å². The molecule has 2 fully saturated rings. The molecule has 144 valence electrons. The molecule has 2 amide bonds. The lowest BCUT2D eigenvalue weighted by atomic mass is 10.0. The van der Waals surface area contributed by atoms with Crippen LogP contribution in [0.3, 0.4) is 0 Å². The number of hydrogen-bond acceptors (Lipinski definition) is 2. The van der Waals surface area contributed by atoms with E-state index in [0.29, 0.717) is 5.92 Å². The molecule has 2 heterocycles. The number of nitrogens with one attached hydrogen (secondary N) is 1. The van der Waals surface area contributed by atoms with Gasteiger partial charge in [-0.3, -0.25) is 0 Å². The van der Waals surface area contributed by atoms with E-state index in [9.17, 15) is 4.79 Å². The number of aryl methyl sites for hydroxylation is 3.